The van der Waals surface area contributed by atoms with Gasteiger partial charge in [-0.25, -0.2) is 4.98 Å². The van der Waals surface area contributed by atoms with E-state index in [1.165, 1.54) is 0 Å². The van der Waals surface area contributed by atoms with E-state index >= 15 is 0 Å². The van der Waals surface area contributed by atoms with Crippen molar-refractivity contribution >= 4 is 15.9 Å². The second-order valence-electron chi connectivity index (χ2n) is 5.00. The van der Waals surface area contributed by atoms with Gasteiger partial charge in [0.05, 0.1) is 23.5 Å². The van der Waals surface area contributed by atoms with E-state index < -0.39 is 6.10 Å². The van der Waals surface area contributed by atoms with Gasteiger partial charge >= 0.3 is 0 Å². The molecule has 5 heteroatoms. The second-order valence-corrected chi connectivity index (χ2v) is 5.71. The summed E-state index contributed by atoms with van der Waals surface area (Å²) in [5.41, 5.74) is 3.01. The highest BCUT2D eigenvalue weighted by molar-refractivity contribution is 9.10. The monoisotopic (exact) mass is 333 g/mol. The Morgan fingerprint density at radius 3 is 2.65 bits per heavy atom. The Bertz CT molecular complexity index is 670. The van der Waals surface area contributed by atoms with Crippen molar-refractivity contribution in [2.45, 2.75) is 32.9 Å². The standard InChI is InChI=1S/C15H16BrN3O/c1-9(2)19-13(8-18-15(19)16)14(20)12-5-4-11(7-17)6-10(12)3/h4-6,8-9,14,20H,1-3H3. The molecule has 0 fully saturated rings. The van der Waals surface area contributed by atoms with Gasteiger partial charge in [-0.05, 0) is 60.0 Å². The van der Waals surface area contributed by atoms with E-state index in [-0.39, 0.29) is 6.04 Å². The predicted octanol–water partition coefficient (Wildman–Crippen LogP) is 3.49. The van der Waals surface area contributed by atoms with Crippen molar-refractivity contribution in [3.05, 3.63) is 51.5 Å². The Hall–Kier alpha value is -1.64. The zero-order chi connectivity index (χ0) is 14.9. The molecule has 1 atom stereocenters. The number of nitrogens with zero attached hydrogens (tertiary/aromatic N) is 3. The van der Waals surface area contributed by atoms with E-state index in [4.69, 9.17) is 5.26 Å². The number of hydrogen-bond acceptors (Lipinski definition) is 3. The van der Waals surface area contributed by atoms with Gasteiger partial charge in [-0.1, -0.05) is 6.07 Å². The molecule has 1 heterocycles. The van der Waals surface area contributed by atoms with E-state index in [2.05, 4.69) is 27.0 Å². The molecule has 104 valence electrons. The minimum Gasteiger partial charge on any atom is -0.382 e. The highest BCUT2D eigenvalue weighted by Crippen LogP contribution is 2.29. The van der Waals surface area contributed by atoms with Crippen molar-refractivity contribution in [3.63, 3.8) is 0 Å². The third-order valence-electron chi connectivity index (χ3n) is 3.27. The van der Waals surface area contributed by atoms with Crippen molar-refractivity contribution in [2.75, 3.05) is 0 Å². The summed E-state index contributed by atoms with van der Waals surface area (Å²) >= 11 is 3.40. The summed E-state index contributed by atoms with van der Waals surface area (Å²) in [6.07, 6.45) is 0.913. The number of imidazole rings is 1. The topological polar surface area (TPSA) is 61.8 Å². The molecule has 0 radical (unpaired) electrons. The Morgan fingerprint density at radius 1 is 1.40 bits per heavy atom. The van der Waals surface area contributed by atoms with Crippen molar-refractivity contribution in [1.29, 1.82) is 5.26 Å². The van der Waals surface area contributed by atoms with Gasteiger partial charge in [0, 0.05) is 6.04 Å². The fourth-order valence-electron chi connectivity index (χ4n) is 2.28. The van der Waals surface area contributed by atoms with Gasteiger partial charge < -0.3 is 9.67 Å². The average molecular weight is 334 g/mol. The first-order valence-corrected chi connectivity index (χ1v) is 7.16. The Morgan fingerprint density at radius 2 is 2.10 bits per heavy atom. The molecule has 1 aromatic heterocycles. The Kier molecular flexibility index (Phi) is 4.26. The number of aliphatic hydroxyl groups excluding tert-OH is 1. The summed E-state index contributed by atoms with van der Waals surface area (Å²) in [7, 11) is 0. The summed E-state index contributed by atoms with van der Waals surface area (Å²) in [6.45, 7) is 5.97. The van der Waals surface area contributed by atoms with E-state index in [1.54, 1.807) is 24.4 Å². The number of aliphatic hydroxyl groups is 1. The molecule has 2 rings (SSSR count). The van der Waals surface area contributed by atoms with Crippen LogP contribution in [0.3, 0.4) is 0 Å². The maximum Gasteiger partial charge on any atom is 0.177 e. The highest BCUT2D eigenvalue weighted by atomic mass is 79.9. The summed E-state index contributed by atoms with van der Waals surface area (Å²) in [5.74, 6) is 0. The van der Waals surface area contributed by atoms with E-state index in [1.807, 2.05) is 25.3 Å². The number of nitriles is 1. The summed E-state index contributed by atoms with van der Waals surface area (Å²) < 4.78 is 2.65. The van der Waals surface area contributed by atoms with E-state index in [0.717, 1.165) is 16.8 Å². The number of halogens is 1. The summed E-state index contributed by atoms with van der Waals surface area (Å²) in [6, 6.07) is 7.59. The van der Waals surface area contributed by atoms with Crippen LogP contribution in [-0.2, 0) is 0 Å². The predicted molar refractivity (Wildman–Crippen MR) is 80.3 cm³/mol. The van der Waals surface area contributed by atoms with E-state index in [0.29, 0.717) is 10.3 Å². The van der Waals surface area contributed by atoms with Crippen molar-refractivity contribution in [2.24, 2.45) is 0 Å². The lowest BCUT2D eigenvalue weighted by atomic mass is 9.99. The summed E-state index contributed by atoms with van der Waals surface area (Å²) in [5, 5.41) is 19.5. The Labute approximate surface area is 126 Å². The molecule has 0 saturated carbocycles. The fourth-order valence-corrected chi connectivity index (χ4v) is 2.99. The quantitative estimate of drug-likeness (QED) is 0.935. The maximum atomic E-state index is 10.6. The lowest BCUT2D eigenvalue weighted by molar-refractivity contribution is 0.207. The molecule has 0 amide bonds. The molecule has 1 aromatic carbocycles. The zero-order valence-corrected chi connectivity index (χ0v) is 13.2. The third kappa shape index (κ3) is 2.62. The maximum absolute atomic E-state index is 10.6. The van der Waals surface area contributed by atoms with Gasteiger partial charge in [0.25, 0.3) is 0 Å². The van der Waals surface area contributed by atoms with E-state index in [9.17, 15) is 5.11 Å². The van der Waals surface area contributed by atoms with Crippen molar-refractivity contribution in [1.82, 2.24) is 9.55 Å². The van der Waals surface area contributed by atoms with Crippen LogP contribution in [0, 0.1) is 18.3 Å². The number of benzene rings is 1. The number of rotatable bonds is 3. The van der Waals surface area contributed by atoms with Crippen LogP contribution >= 0.6 is 15.9 Å². The molecule has 0 aliphatic rings. The van der Waals surface area contributed by atoms with Crippen LogP contribution in [0.15, 0.2) is 29.1 Å². The van der Waals surface area contributed by atoms with Crippen LogP contribution in [0.5, 0.6) is 0 Å². The van der Waals surface area contributed by atoms with Gasteiger partial charge in [0.2, 0.25) is 0 Å². The minimum atomic E-state index is -0.760. The molecule has 1 unspecified atom stereocenters. The lowest BCUT2D eigenvalue weighted by Gasteiger charge is -2.19. The highest BCUT2D eigenvalue weighted by Gasteiger charge is 2.20. The summed E-state index contributed by atoms with van der Waals surface area (Å²) in [4.78, 5) is 4.22. The Balaban J connectivity index is 2.47. The molecule has 0 bridgehead atoms. The number of hydrogen-bond donors (Lipinski definition) is 1. The molecule has 0 spiro atoms. The van der Waals surface area contributed by atoms with Crippen LogP contribution in [0.4, 0.5) is 0 Å². The first-order valence-electron chi connectivity index (χ1n) is 6.37. The van der Waals surface area contributed by atoms with Gasteiger partial charge in [0.15, 0.2) is 4.73 Å². The van der Waals surface area contributed by atoms with Crippen LogP contribution in [0.25, 0.3) is 0 Å². The zero-order valence-electron chi connectivity index (χ0n) is 11.6. The lowest BCUT2D eigenvalue weighted by Crippen LogP contribution is -2.12. The largest absolute Gasteiger partial charge is 0.382 e. The molecule has 1 N–H and O–H groups in total. The molecular formula is C15H16BrN3O. The molecule has 20 heavy (non-hydrogen) atoms. The third-order valence-corrected chi connectivity index (χ3v) is 3.86. The normalized spacial score (nSPS) is 12.4. The fraction of sp³-hybridized carbons (Fsp3) is 0.333. The van der Waals surface area contributed by atoms with Gasteiger partial charge in [-0.15, -0.1) is 0 Å². The SMILES string of the molecule is Cc1cc(C#N)ccc1C(O)c1cnc(Br)n1C(C)C. The second kappa shape index (κ2) is 5.78. The van der Waals surface area contributed by atoms with Gasteiger partial charge in [-0.3, -0.25) is 0 Å². The molecular weight excluding hydrogens is 318 g/mol. The number of aryl methyl sites for hydroxylation is 1. The molecule has 0 saturated heterocycles. The average Bonchev–Trinajstić information content (AvgIpc) is 2.79. The first kappa shape index (κ1) is 14.8. The van der Waals surface area contributed by atoms with Crippen molar-refractivity contribution < 1.29 is 5.11 Å². The van der Waals surface area contributed by atoms with Crippen LogP contribution in [0.1, 0.15) is 48.4 Å². The molecule has 2 aromatic rings. The van der Waals surface area contributed by atoms with Gasteiger partial charge in [-0.2, -0.15) is 5.26 Å². The molecule has 0 aliphatic carbocycles. The smallest absolute Gasteiger partial charge is 0.177 e. The van der Waals surface area contributed by atoms with Crippen molar-refractivity contribution in [3.8, 4) is 6.07 Å². The van der Waals surface area contributed by atoms with Crippen LogP contribution < -0.4 is 0 Å². The first-order chi connectivity index (χ1) is 9.45. The molecule has 4 nitrogen and oxygen atoms in total. The number of aromatic nitrogens is 2. The van der Waals surface area contributed by atoms with Crippen LogP contribution in [-0.4, -0.2) is 14.7 Å². The van der Waals surface area contributed by atoms with Gasteiger partial charge in [0.1, 0.15) is 6.10 Å². The van der Waals surface area contributed by atoms with Crippen LogP contribution in [0.2, 0.25) is 0 Å². The minimum absolute atomic E-state index is 0.190. The molecule has 0 aliphatic heterocycles.